The fourth-order valence-corrected chi connectivity index (χ4v) is 2.69. The van der Waals surface area contributed by atoms with Crippen molar-refractivity contribution >= 4 is 17.7 Å². The summed E-state index contributed by atoms with van der Waals surface area (Å²) in [6, 6.07) is 0. The number of aryl methyl sites for hydroxylation is 1. The van der Waals surface area contributed by atoms with Crippen molar-refractivity contribution in [3.05, 3.63) is 20.7 Å². The number of hydrogen-bond acceptors (Lipinski definition) is 7. The van der Waals surface area contributed by atoms with Crippen LogP contribution in [0.3, 0.4) is 0 Å². The van der Waals surface area contributed by atoms with Crippen LogP contribution >= 0.6 is 11.8 Å². The first-order valence-electron chi connectivity index (χ1n) is 6.56. The quantitative estimate of drug-likeness (QED) is 0.396. The molecule has 1 aromatic heterocycles. The summed E-state index contributed by atoms with van der Waals surface area (Å²) in [5, 5.41) is 5.76. The number of hydrogen-bond donors (Lipinski definition) is 2. The van der Waals surface area contributed by atoms with Gasteiger partial charge in [-0.15, -0.1) is 0 Å². The van der Waals surface area contributed by atoms with Crippen molar-refractivity contribution in [3.8, 4) is 0 Å². The van der Waals surface area contributed by atoms with E-state index in [1.54, 1.807) is 20.9 Å². The first kappa shape index (κ1) is 17.4. The van der Waals surface area contributed by atoms with Crippen LogP contribution in [0.25, 0.3) is 0 Å². The summed E-state index contributed by atoms with van der Waals surface area (Å²) in [6.07, 6.45) is 0. The number of H-pyrrole nitrogens is 1. The van der Waals surface area contributed by atoms with E-state index >= 15 is 0 Å². The number of nitrogens with zero attached hydrogens (tertiary/aromatic N) is 2. The number of likely N-dealkylation sites (N-methyl/N-ethyl adjacent to an activating group) is 1. The van der Waals surface area contributed by atoms with Gasteiger partial charge in [-0.3, -0.25) is 24.2 Å². The highest BCUT2D eigenvalue weighted by molar-refractivity contribution is 7.99. The maximum absolute atomic E-state index is 12.0. The number of esters is 1. The van der Waals surface area contributed by atoms with E-state index in [-0.39, 0.29) is 5.97 Å². The number of carbonyl (C=O) groups excluding carboxylic acids is 1. The predicted octanol–water partition coefficient (Wildman–Crippen LogP) is -0.508. The van der Waals surface area contributed by atoms with E-state index in [2.05, 4.69) is 15.4 Å². The maximum Gasteiger partial charge on any atom is 0.339 e. The summed E-state index contributed by atoms with van der Waals surface area (Å²) < 4.78 is 6.41. The van der Waals surface area contributed by atoms with Crippen LogP contribution in [-0.2, 0) is 16.6 Å². The van der Waals surface area contributed by atoms with Crippen molar-refractivity contribution in [3.63, 3.8) is 0 Å². The van der Waals surface area contributed by atoms with Crippen molar-refractivity contribution in [1.82, 2.24) is 20.1 Å². The normalized spacial score (nSPS) is 13.7. The second-order valence-corrected chi connectivity index (χ2v) is 5.51. The molecule has 9 heteroatoms. The molecule has 0 aromatic carbocycles. The molecule has 0 fully saturated rings. The number of rotatable bonds is 7. The first-order valence-corrected chi connectivity index (χ1v) is 7.55. The van der Waals surface area contributed by atoms with Crippen LogP contribution in [0, 0.1) is 0 Å². The molecule has 1 unspecified atom stereocenters. The highest BCUT2D eigenvalue weighted by atomic mass is 32.2. The minimum absolute atomic E-state index is 0.292. The summed E-state index contributed by atoms with van der Waals surface area (Å²) in [7, 11) is 1.57. The Balaban J connectivity index is 2.92. The number of nitrogens with one attached hydrogen (secondary N) is 2. The van der Waals surface area contributed by atoms with Crippen molar-refractivity contribution in [2.24, 2.45) is 7.05 Å². The lowest BCUT2D eigenvalue weighted by Gasteiger charge is -2.27. The predicted molar refractivity (Wildman–Crippen MR) is 79.5 cm³/mol. The van der Waals surface area contributed by atoms with Gasteiger partial charge in [0.05, 0.1) is 6.61 Å². The number of aromatic amines is 1. The Labute approximate surface area is 126 Å². The van der Waals surface area contributed by atoms with Gasteiger partial charge in [-0.25, -0.2) is 0 Å². The molecule has 0 amide bonds. The van der Waals surface area contributed by atoms with Gasteiger partial charge in [0.2, 0.25) is 0 Å². The van der Waals surface area contributed by atoms with Gasteiger partial charge in [0, 0.05) is 12.8 Å². The second-order valence-electron chi connectivity index (χ2n) is 4.57. The highest BCUT2D eigenvalue weighted by Gasteiger charge is 2.34. The van der Waals surface area contributed by atoms with Crippen molar-refractivity contribution < 1.29 is 9.53 Å². The minimum atomic E-state index is -0.900. The third-order valence-corrected chi connectivity index (χ3v) is 4.08. The molecule has 1 atom stereocenters. The lowest BCUT2D eigenvalue weighted by Crippen LogP contribution is -2.52. The van der Waals surface area contributed by atoms with E-state index in [1.807, 2.05) is 6.92 Å². The van der Waals surface area contributed by atoms with Gasteiger partial charge in [-0.2, -0.15) is 4.98 Å². The summed E-state index contributed by atoms with van der Waals surface area (Å²) >= 11 is 1.19. The average molecular weight is 316 g/mol. The summed E-state index contributed by atoms with van der Waals surface area (Å²) in [5.74, 6) is -0.0554. The number of ether oxygens (including phenoxy) is 1. The van der Waals surface area contributed by atoms with Gasteiger partial charge in [-0.05, 0) is 20.4 Å². The zero-order valence-electron chi connectivity index (χ0n) is 12.6. The maximum atomic E-state index is 12.0. The van der Waals surface area contributed by atoms with Gasteiger partial charge in [0.25, 0.3) is 0 Å². The van der Waals surface area contributed by atoms with Gasteiger partial charge in [0.1, 0.15) is 5.54 Å². The first-order chi connectivity index (χ1) is 9.84. The molecule has 1 aromatic rings. The van der Waals surface area contributed by atoms with Crippen LogP contribution in [0.5, 0.6) is 0 Å². The largest absolute Gasteiger partial charge is 0.465 e. The third kappa shape index (κ3) is 4.43. The van der Waals surface area contributed by atoms with Gasteiger partial charge >= 0.3 is 17.1 Å². The number of aromatic nitrogens is 3. The minimum Gasteiger partial charge on any atom is -0.465 e. The van der Waals surface area contributed by atoms with E-state index in [1.165, 1.54) is 16.4 Å². The molecule has 21 heavy (non-hydrogen) atoms. The molecule has 0 aliphatic heterocycles. The SMILES string of the molecule is CCNC(C)(CSc1nc(=O)c(=O)[nH]n1C)C(=O)OCC. The molecule has 8 nitrogen and oxygen atoms in total. The molecule has 0 radical (unpaired) electrons. The molecule has 0 spiro atoms. The fourth-order valence-electron chi connectivity index (χ4n) is 1.66. The van der Waals surface area contributed by atoms with Crippen LogP contribution in [-0.4, -0.2) is 45.2 Å². The average Bonchev–Trinajstić information content (AvgIpc) is 2.42. The molecule has 118 valence electrons. The Bertz CT molecular complexity index is 612. The number of thioether (sulfide) groups is 1. The summed E-state index contributed by atoms with van der Waals surface area (Å²) in [6.45, 7) is 6.24. The lowest BCUT2D eigenvalue weighted by atomic mass is 10.1. The summed E-state index contributed by atoms with van der Waals surface area (Å²) in [5.41, 5.74) is -2.53. The third-order valence-electron chi connectivity index (χ3n) is 2.73. The molecule has 0 aliphatic rings. The van der Waals surface area contributed by atoms with Crippen molar-refractivity contribution in [2.75, 3.05) is 18.9 Å². The van der Waals surface area contributed by atoms with E-state index in [0.29, 0.717) is 24.1 Å². The van der Waals surface area contributed by atoms with Gasteiger partial charge in [0.15, 0.2) is 5.16 Å². The Hall–Kier alpha value is -1.61. The van der Waals surface area contributed by atoms with E-state index in [4.69, 9.17) is 4.74 Å². The van der Waals surface area contributed by atoms with Gasteiger partial charge in [-0.1, -0.05) is 18.7 Å². The molecule has 0 aliphatic carbocycles. The van der Waals surface area contributed by atoms with E-state index < -0.39 is 16.7 Å². The second kappa shape index (κ2) is 7.41. The van der Waals surface area contributed by atoms with Crippen LogP contribution in [0.1, 0.15) is 20.8 Å². The zero-order valence-corrected chi connectivity index (χ0v) is 13.4. The standard InChI is InChI=1S/C12H20N4O4S/c1-5-13-12(3,10(19)20-6-2)7-21-11-14-8(17)9(18)15-16(11)4/h13H,5-7H2,1-4H3,(H,15,18). The van der Waals surface area contributed by atoms with Crippen LogP contribution in [0.4, 0.5) is 0 Å². The smallest absolute Gasteiger partial charge is 0.339 e. The van der Waals surface area contributed by atoms with Crippen molar-refractivity contribution in [1.29, 1.82) is 0 Å². The molecule has 0 saturated heterocycles. The zero-order chi connectivity index (χ0) is 16.0. The fraction of sp³-hybridized carbons (Fsp3) is 0.667. The Morgan fingerprint density at radius 2 is 2.14 bits per heavy atom. The van der Waals surface area contributed by atoms with Crippen LogP contribution in [0.15, 0.2) is 14.7 Å². The molecule has 0 bridgehead atoms. The van der Waals surface area contributed by atoms with Gasteiger partial charge < -0.3 is 10.1 Å². The topological polar surface area (TPSA) is 106 Å². The molecule has 2 N–H and O–H groups in total. The lowest BCUT2D eigenvalue weighted by molar-refractivity contribution is -0.149. The monoisotopic (exact) mass is 316 g/mol. The summed E-state index contributed by atoms with van der Waals surface area (Å²) in [4.78, 5) is 38.2. The Kier molecular flexibility index (Phi) is 6.16. The number of carbonyl (C=O) groups is 1. The van der Waals surface area contributed by atoms with E-state index in [9.17, 15) is 14.4 Å². The highest BCUT2D eigenvalue weighted by Crippen LogP contribution is 2.20. The Morgan fingerprint density at radius 1 is 1.48 bits per heavy atom. The van der Waals surface area contributed by atoms with Crippen LogP contribution < -0.4 is 16.4 Å². The molecule has 1 heterocycles. The van der Waals surface area contributed by atoms with E-state index in [0.717, 1.165) is 0 Å². The molecule has 1 rings (SSSR count). The van der Waals surface area contributed by atoms with Crippen molar-refractivity contribution in [2.45, 2.75) is 31.5 Å². The Morgan fingerprint density at radius 3 is 2.71 bits per heavy atom. The molecular formula is C12H20N4O4S. The molecule has 0 saturated carbocycles. The molecular weight excluding hydrogens is 296 g/mol. The van der Waals surface area contributed by atoms with Crippen LogP contribution in [0.2, 0.25) is 0 Å².